The normalized spacial score (nSPS) is 11.6. The largest absolute Gasteiger partial charge is 0.507 e. The second kappa shape index (κ2) is 4.53. The van der Waals surface area contributed by atoms with Crippen LogP contribution in [-0.2, 0) is 6.18 Å². The Hall–Kier alpha value is -2.11. The first-order valence-electron chi connectivity index (χ1n) is 5.14. The highest BCUT2D eigenvalue weighted by Crippen LogP contribution is 2.36. The maximum absolute atomic E-state index is 13.0. The first-order chi connectivity index (χ1) is 8.79. The number of alkyl halides is 3. The first-order valence-corrected chi connectivity index (χ1v) is 5.14. The van der Waals surface area contributed by atoms with Gasteiger partial charge in [0.15, 0.2) is 11.6 Å². The van der Waals surface area contributed by atoms with Crippen molar-refractivity contribution < 1.29 is 27.1 Å². The van der Waals surface area contributed by atoms with Crippen molar-refractivity contribution >= 4 is 0 Å². The van der Waals surface area contributed by atoms with Crippen molar-refractivity contribution in [3.8, 4) is 16.9 Å². The van der Waals surface area contributed by atoms with Crippen LogP contribution in [0, 0.1) is 11.6 Å². The SMILES string of the molecule is Oc1cc(C(F)(F)F)ccc1-c1ccc(F)c(F)c1. The number of hydrogen-bond donors (Lipinski definition) is 1. The van der Waals surface area contributed by atoms with Gasteiger partial charge < -0.3 is 5.11 Å². The first kappa shape index (κ1) is 13.3. The minimum Gasteiger partial charge on any atom is -0.507 e. The van der Waals surface area contributed by atoms with E-state index in [2.05, 4.69) is 0 Å². The Morgan fingerprint density at radius 1 is 0.842 bits per heavy atom. The molecule has 19 heavy (non-hydrogen) atoms. The minimum absolute atomic E-state index is 0.00750. The lowest BCUT2D eigenvalue weighted by atomic mass is 10.0. The molecule has 6 heteroatoms. The van der Waals surface area contributed by atoms with Crippen LogP contribution in [0.5, 0.6) is 5.75 Å². The van der Waals surface area contributed by atoms with Crippen LogP contribution in [0.15, 0.2) is 36.4 Å². The van der Waals surface area contributed by atoms with E-state index < -0.39 is 29.1 Å². The van der Waals surface area contributed by atoms with Gasteiger partial charge >= 0.3 is 6.18 Å². The molecule has 2 aromatic carbocycles. The van der Waals surface area contributed by atoms with E-state index in [-0.39, 0.29) is 11.1 Å². The average Bonchev–Trinajstić information content (AvgIpc) is 2.31. The van der Waals surface area contributed by atoms with Gasteiger partial charge in [-0.2, -0.15) is 13.2 Å². The van der Waals surface area contributed by atoms with Crippen molar-refractivity contribution in [1.29, 1.82) is 0 Å². The molecule has 100 valence electrons. The molecule has 0 saturated heterocycles. The van der Waals surface area contributed by atoms with Crippen molar-refractivity contribution in [1.82, 2.24) is 0 Å². The number of halogens is 5. The Morgan fingerprint density at radius 2 is 1.53 bits per heavy atom. The minimum atomic E-state index is -4.58. The van der Waals surface area contributed by atoms with Crippen molar-refractivity contribution in [2.45, 2.75) is 6.18 Å². The van der Waals surface area contributed by atoms with Crippen LogP contribution in [0.1, 0.15) is 5.56 Å². The van der Waals surface area contributed by atoms with Gasteiger partial charge in [0.1, 0.15) is 5.75 Å². The van der Waals surface area contributed by atoms with E-state index in [1.54, 1.807) is 0 Å². The summed E-state index contributed by atoms with van der Waals surface area (Å²) in [6, 6.07) is 5.11. The summed E-state index contributed by atoms with van der Waals surface area (Å²) < 4.78 is 63.0. The van der Waals surface area contributed by atoms with Gasteiger partial charge in [0.25, 0.3) is 0 Å². The van der Waals surface area contributed by atoms with Gasteiger partial charge in [-0.15, -0.1) is 0 Å². The second-order valence-electron chi connectivity index (χ2n) is 3.86. The molecule has 0 aliphatic carbocycles. The van der Waals surface area contributed by atoms with E-state index in [1.807, 2.05) is 0 Å². The molecule has 0 aliphatic rings. The van der Waals surface area contributed by atoms with Crippen molar-refractivity contribution in [3.05, 3.63) is 53.6 Å². The number of hydrogen-bond acceptors (Lipinski definition) is 1. The molecule has 0 aliphatic heterocycles. The van der Waals surface area contributed by atoms with Gasteiger partial charge in [0.2, 0.25) is 0 Å². The molecular formula is C13H7F5O. The zero-order chi connectivity index (χ0) is 14.2. The monoisotopic (exact) mass is 274 g/mol. The van der Waals surface area contributed by atoms with E-state index in [1.165, 1.54) is 6.07 Å². The Labute approximate surface area is 104 Å². The number of aromatic hydroxyl groups is 1. The summed E-state index contributed by atoms with van der Waals surface area (Å²) in [5, 5.41) is 9.55. The van der Waals surface area contributed by atoms with E-state index in [0.29, 0.717) is 6.07 Å². The summed E-state index contributed by atoms with van der Waals surface area (Å²) in [4.78, 5) is 0. The lowest BCUT2D eigenvalue weighted by Crippen LogP contribution is -2.04. The third-order valence-electron chi connectivity index (χ3n) is 2.56. The summed E-state index contributed by atoms with van der Waals surface area (Å²) in [6.45, 7) is 0. The zero-order valence-electron chi connectivity index (χ0n) is 9.30. The smallest absolute Gasteiger partial charge is 0.416 e. The molecular weight excluding hydrogens is 267 g/mol. The molecule has 2 rings (SSSR count). The zero-order valence-corrected chi connectivity index (χ0v) is 9.30. The molecule has 0 saturated carbocycles. The van der Waals surface area contributed by atoms with Gasteiger partial charge in [-0.05, 0) is 29.8 Å². The summed E-state index contributed by atoms with van der Waals surface area (Å²) in [5.74, 6) is -2.87. The molecule has 1 nitrogen and oxygen atoms in total. The molecule has 0 bridgehead atoms. The Balaban J connectivity index is 2.49. The summed E-state index contributed by atoms with van der Waals surface area (Å²) in [6.07, 6.45) is -4.58. The van der Waals surface area contributed by atoms with E-state index in [9.17, 15) is 27.1 Å². The van der Waals surface area contributed by atoms with Crippen LogP contribution < -0.4 is 0 Å². The molecule has 0 spiro atoms. The fourth-order valence-corrected chi connectivity index (χ4v) is 1.62. The van der Waals surface area contributed by atoms with Crippen LogP contribution in [0.3, 0.4) is 0 Å². The molecule has 0 unspecified atom stereocenters. The lowest BCUT2D eigenvalue weighted by Gasteiger charge is -2.10. The molecule has 0 fully saturated rings. The second-order valence-corrected chi connectivity index (χ2v) is 3.86. The predicted octanol–water partition coefficient (Wildman–Crippen LogP) is 4.36. The fourth-order valence-electron chi connectivity index (χ4n) is 1.62. The third-order valence-corrected chi connectivity index (χ3v) is 2.56. The number of phenolic OH excluding ortho intramolecular Hbond substituents is 1. The Kier molecular flexibility index (Phi) is 3.18. The molecule has 2 aromatic rings. The van der Waals surface area contributed by atoms with Crippen LogP contribution >= 0.6 is 0 Å². The highest BCUT2D eigenvalue weighted by Gasteiger charge is 2.31. The van der Waals surface area contributed by atoms with Gasteiger partial charge in [-0.3, -0.25) is 0 Å². The fraction of sp³-hybridized carbons (Fsp3) is 0.0769. The maximum atomic E-state index is 13.0. The maximum Gasteiger partial charge on any atom is 0.416 e. The van der Waals surface area contributed by atoms with E-state index in [0.717, 1.165) is 24.3 Å². The van der Waals surface area contributed by atoms with Crippen molar-refractivity contribution in [2.24, 2.45) is 0 Å². The van der Waals surface area contributed by atoms with Crippen molar-refractivity contribution in [2.75, 3.05) is 0 Å². The van der Waals surface area contributed by atoms with Gasteiger partial charge in [-0.1, -0.05) is 12.1 Å². The standard InChI is InChI=1S/C13H7F5O/c14-10-4-1-7(5-11(10)15)9-3-2-8(6-12(9)19)13(16,17)18/h1-6,19H. The molecule has 0 aromatic heterocycles. The van der Waals surface area contributed by atoms with Gasteiger partial charge in [-0.25, -0.2) is 8.78 Å². The molecule has 0 radical (unpaired) electrons. The summed E-state index contributed by atoms with van der Waals surface area (Å²) >= 11 is 0. The quantitative estimate of drug-likeness (QED) is 0.766. The summed E-state index contributed by atoms with van der Waals surface area (Å²) in [7, 11) is 0. The molecule has 1 N–H and O–H groups in total. The van der Waals surface area contributed by atoms with E-state index in [4.69, 9.17) is 0 Å². The van der Waals surface area contributed by atoms with Crippen LogP contribution in [0.2, 0.25) is 0 Å². The molecule has 0 amide bonds. The number of benzene rings is 2. The molecule has 0 atom stereocenters. The molecule has 0 heterocycles. The average molecular weight is 274 g/mol. The number of phenols is 1. The number of rotatable bonds is 1. The van der Waals surface area contributed by atoms with Crippen LogP contribution in [0.25, 0.3) is 11.1 Å². The van der Waals surface area contributed by atoms with Gasteiger partial charge in [0, 0.05) is 5.56 Å². The van der Waals surface area contributed by atoms with Crippen molar-refractivity contribution in [3.63, 3.8) is 0 Å². The third kappa shape index (κ3) is 2.67. The van der Waals surface area contributed by atoms with Crippen LogP contribution in [-0.4, -0.2) is 5.11 Å². The van der Waals surface area contributed by atoms with Crippen LogP contribution in [0.4, 0.5) is 22.0 Å². The van der Waals surface area contributed by atoms with E-state index >= 15 is 0 Å². The topological polar surface area (TPSA) is 20.2 Å². The summed E-state index contributed by atoms with van der Waals surface area (Å²) in [5.41, 5.74) is -0.937. The highest BCUT2D eigenvalue weighted by atomic mass is 19.4. The predicted molar refractivity (Wildman–Crippen MR) is 58.5 cm³/mol. The Morgan fingerprint density at radius 3 is 2.05 bits per heavy atom. The lowest BCUT2D eigenvalue weighted by molar-refractivity contribution is -0.137. The Bertz CT molecular complexity index is 619. The van der Waals surface area contributed by atoms with Gasteiger partial charge in [0.05, 0.1) is 5.56 Å². The highest BCUT2D eigenvalue weighted by molar-refractivity contribution is 5.70.